The van der Waals surface area contributed by atoms with E-state index in [1.54, 1.807) is 12.1 Å². The zero-order chi connectivity index (χ0) is 19.4. The van der Waals surface area contributed by atoms with Crippen molar-refractivity contribution in [3.05, 3.63) is 65.2 Å². The van der Waals surface area contributed by atoms with E-state index in [1.165, 1.54) is 23.3 Å². The Balaban J connectivity index is 1.56. The quantitative estimate of drug-likeness (QED) is 0.706. The fourth-order valence-corrected chi connectivity index (χ4v) is 3.88. The lowest BCUT2D eigenvalue weighted by Crippen LogP contribution is -2.43. The Bertz CT molecular complexity index is 910. The number of nitrogens with two attached hydrogens (primary N) is 1. The van der Waals surface area contributed by atoms with E-state index in [2.05, 4.69) is 22.8 Å². The zero-order valence-corrected chi connectivity index (χ0v) is 16.1. The molecular formula is C20H25N3O3S. The van der Waals surface area contributed by atoms with Gasteiger partial charge in [0.1, 0.15) is 0 Å². The van der Waals surface area contributed by atoms with Gasteiger partial charge in [-0.15, -0.1) is 0 Å². The monoisotopic (exact) mass is 387 g/mol. The van der Waals surface area contributed by atoms with E-state index in [0.717, 1.165) is 24.8 Å². The molecule has 144 valence electrons. The second kappa shape index (κ2) is 8.21. The average Bonchev–Trinajstić information content (AvgIpc) is 2.66. The van der Waals surface area contributed by atoms with Crippen molar-refractivity contribution in [3.8, 4) is 0 Å². The number of fused-ring (bicyclic) bond motifs is 1. The molecule has 0 fully saturated rings. The molecular weight excluding hydrogens is 362 g/mol. The van der Waals surface area contributed by atoms with Crippen LogP contribution in [0.25, 0.3) is 0 Å². The number of amides is 1. The van der Waals surface area contributed by atoms with Crippen molar-refractivity contribution in [2.75, 3.05) is 0 Å². The van der Waals surface area contributed by atoms with Gasteiger partial charge in [-0.25, -0.2) is 13.6 Å². The minimum Gasteiger partial charge on any atom is -0.348 e. The number of benzene rings is 2. The van der Waals surface area contributed by atoms with Crippen LogP contribution in [0.15, 0.2) is 53.4 Å². The molecule has 4 N–H and O–H groups in total. The van der Waals surface area contributed by atoms with Crippen LogP contribution >= 0.6 is 0 Å². The van der Waals surface area contributed by atoms with E-state index < -0.39 is 10.0 Å². The summed E-state index contributed by atoms with van der Waals surface area (Å²) in [6, 6.07) is 14.3. The Morgan fingerprint density at radius 1 is 1.19 bits per heavy atom. The van der Waals surface area contributed by atoms with E-state index in [4.69, 9.17) is 5.14 Å². The van der Waals surface area contributed by atoms with Gasteiger partial charge in [0.05, 0.1) is 17.0 Å². The fourth-order valence-electron chi connectivity index (χ4n) is 3.36. The molecule has 1 aliphatic rings. The molecule has 7 heteroatoms. The van der Waals surface area contributed by atoms with E-state index in [1.807, 2.05) is 19.1 Å². The highest BCUT2D eigenvalue weighted by molar-refractivity contribution is 7.89. The van der Waals surface area contributed by atoms with Gasteiger partial charge >= 0.3 is 0 Å². The second-order valence-electron chi connectivity index (χ2n) is 6.94. The molecule has 3 rings (SSSR count). The molecule has 0 bridgehead atoms. The van der Waals surface area contributed by atoms with Crippen molar-refractivity contribution < 1.29 is 13.2 Å². The summed E-state index contributed by atoms with van der Waals surface area (Å²) >= 11 is 0. The van der Waals surface area contributed by atoms with Crippen molar-refractivity contribution >= 4 is 15.9 Å². The van der Waals surface area contributed by atoms with Gasteiger partial charge < -0.3 is 10.6 Å². The summed E-state index contributed by atoms with van der Waals surface area (Å²) in [5, 5.41) is 11.4. The first-order chi connectivity index (χ1) is 12.8. The standard InChI is InChI=1S/C20H25N3O3S/c1-14(22-13-15-9-11-17(12-10-15)27(21,25)26)20(24)23-19-8-4-6-16-5-2-3-7-18(16)19/h2-3,5,7,9-12,14,19,22H,4,6,8,13H2,1H3,(H,23,24)(H2,21,25,26)/t14-,19+/m1/s1. The van der Waals surface area contributed by atoms with E-state index in [-0.39, 0.29) is 22.9 Å². The summed E-state index contributed by atoms with van der Waals surface area (Å²) in [5.74, 6) is -0.0436. The molecule has 2 aromatic carbocycles. The summed E-state index contributed by atoms with van der Waals surface area (Å²) < 4.78 is 22.6. The van der Waals surface area contributed by atoms with E-state index in [0.29, 0.717) is 6.54 Å². The van der Waals surface area contributed by atoms with Crippen LogP contribution in [0, 0.1) is 0 Å². The first kappa shape index (κ1) is 19.5. The predicted octanol–water partition coefficient (Wildman–Crippen LogP) is 2.01. The minimum atomic E-state index is -3.69. The van der Waals surface area contributed by atoms with Crippen molar-refractivity contribution in [1.82, 2.24) is 10.6 Å². The lowest BCUT2D eigenvalue weighted by molar-refractivity contribution is -0.123. The van der Waals surface area contributed by atoms with Gasteiger partial charge in [-0.05, 0) is 55.0 Å². The first-order valence-electron chi connectivity index (χ1n) is 9.08. The lowest BCUT2D eigenvalue weighted by atomic mass is 9.87. The number of carbonyl (C=O) groups is 1. The van der Waals surface area contributed by atoms with E-state index >= 15 is 0 Å². The Kier molecular flexibility index (Phi) is 5.94. The third kappa shape index (κ3) is 4.94. The van der Waals surface area contributed by atoms with Crippen LogP contribution in [-0.4, -0.2) is 20.4 Å². The van der Waals surface area contributed by atoms with Crippen LogP contribution < -0.4 is 15.8 Å². The molecule has 1 amide bonds. The summed E-state index contributed by atoms with van der Waals surface area (Å²) in [5.41, 5.74) is 3.40. The van der Waals surface area contributed by atoms with Gasteiger partial charge in [0.2, 0.25) is 15.9 Å². The Morgan fingerprint density at radius 3 is 2.59 bits per heavy atom. The largest absolute Gasteiger partial charge is 0.348 e. The molecule has 0 unspecified atom stereocenters. The molecule has 0 spiro atoms. The van der Waals surface area contributed by atoms with Crippen LogP contribution in [-0.2, 0) is 27.8 Å². The van der Waals surface area contributed by atoms with Crippen molar-refractivity contribution in [1.29, 1.82) is 0 Å². The first-order valence-corrected chi connectivity index (χ1v) is 10.6. The van der Waals surface area contributed by atoms with Crippen LogP contribution in [0.2, 0.25) is 0 Å². The molecule has 0 saturated heterocycles. The number of primary sulfonamides is 1. The maximum atomic E-state index is 12.6. The number of carbonyl (C=O) groups excluding carboxylic acids is 1. The number of rotatable bonds is 6. The van der Waals surface area contributed by atoms with E-state index in [9.17, 15) is 13.2 Å². The molecule has 27 heavy (non-hydrogen) atoms. The Labute approximate surface area is 160 Å². The summed E-state index contributed by atoms with van der Waals surface area (Å²) in [4.78, 5) is 12.6. The summed E-state index contributed by atoms with van der Waals surface area (Å²) in [7, 11) is -3.69. The van der Waals surface area contributed by atoms with Gasteiger partial charge in [-0.2, -0.15) is 0 Å². The van der Waals surface area contributed by atoms with Gasteiger partial charge in [-0.3, -0.25) is 4.79 Å². The Morgan fingerprint density at radius 2 is 1.89 bits per heavy atom. The maximum absolute atomic E-state index is 12.6. The minimum absolute atomic E-state index is 0.0436. The molecule has 2 atom stereocenters. The molecule has 2 aromatic rings. The van der Waals surface area contributed by atoms with Crippen LogP contribution in [0.5, 0.6) is 0 Å². The molecule has 6 nitrogen and oxygen atoms in total. The number of nitrogens with one attached hydrogen (secondary N) is 2. The third-order valence-corrected chi connectivity index (χ3v) is 5.87. The van der Waals surface area contributed by atoms with Crippen LogP contribution in [0.3, 0.4) is 0 Å². The van der Waals surface area contributed by atoms with Gasteiger partial charge in [0, 0.05) is 6.54 Å². The Hall–Kier alpha value is -2.22. The van der Waals surface area contributed by atoms with Crippen molar-refractivity contribution in [3.63, 3.8) is 0 Å². The average molecular weight is 388 g/mol. The van der Waals surface area contributed by atoms with Crippen molar-refractivity contribution in [2.45, 2.75) is 49.7 Å². The van der Waals surface area contributed by atoms with Crippen molar-refractivity contribution in [2.24, 2.45) is 5.14 Å². The number of hydrogen-bond acceptors (Lipinski definition) is 4. The van der Waals surface area contributed by atoms with Crippen LogP contribution in [0.1, 0.15) is 42.5 Å². The van der Waals surface area contributed by atoms with Gasteiger partial charge in [0.25, 0.3) is 0 Å². The molecule has 0 saturated carbocycles. The highest BCUT2D eigenvalue weighted by Crippen LogP contribution is 2.29. The maximum Gasteiger partial charge on any atom is 0.238 e. The number of hydrogen-bond donors (Lipinski definition) is 3. The molecule has 0 aliphatic heterocycles. The zero-order valence-electron chi connectivity index (χ0n) is 15.3. The smallest absolute Gasteiger partial charge is 0.238 e. The van der Waals surface area contributed by atoms with Crippen LogP contribution in [0.4, 0.5) is 0 Å². The normalized spacial score (nSPS) is 17.8. The molecule has 1 aliphatic carbocycles. The van der Waals surface area contributed by atoms with Gasteiger partial charge in [-0.1, -0.05) is 36.4 Å². The topological polar surface area (TPSA) is 101 Å². The number of aryl methyl sites for hydroxylation is 1. The SMILES string of the molecule is C[C@@H](NCc1ccc(S(N)(=O)=O)cc1)C(=O)N[C@H]1CCCc2ccccc21. The fraction of sp³-hybridized carbons (Fsp3) is 0.350. The third-order valence-electron chi connectivity index (χ3n) is 4.94. The second-order valence-corrected chi connectivity index (χ2v) is 8.51. The predicted molar refractivity (Wildman–Crippen MR) is 104 cm³/mol. The highest BCUT2D eigenvalue weighted by Gasteiger charge is 2.23. The lowest BCUT2D eigenvalue weighted by Gasteiger charge is -2.27. The molecule has 0 aromatic heterocycles. The van der Waals surface area contributed by atoms with Gasteiger partial charge in [0.15, 0.2) is 0 Å². The molecule has 0 heterocycles. The number of sulfonamides is 1. The molecule has 0 radical (unpaired) electrons. The highest BCUT2D eigenvalue weighted by atomic mass is 32.2. The summed E-state index contributed by atoms with van der Waals surface area (Å²) in [6.07, 6.45) is 3.08. The summed E-state index contributed by atoms with van der Waals surface area (Å²) in [6.45, 7) is 2.28.